The van der Waals surface area contributed by atoms with Gasteiger partial charge in [-0.3, -0.25) is 4.72 Å². The van der Waals surface area contributed by atoms with Gasteiger partial charge in [-0.15, -0.1) is 0 Å². The Morgan fingerprint density at radius 3 is 1.43 bits per heavy atom. The fraction of sp³-hybridized carbons (Fsp3) is 0.0769. The molecule has 0 aromatic heterocycles. The van der Waals surface area contributed by atoms with E-state index in [9.17, 15) is 16.8 Å². The number of hydrogen-bond donors (Lipinski definition) is 2. The summed E-state index contributed by atoms with van der Waals surface area (Å²) >= 11 is 0. The summed E-state index contributed by atoms with van der Waals surface area (Å²) in [5.74, 6) is 1.25. The monoisotopic (exact) mass is 508 g/mol. The van der Waals surface area contributed by atoms with E-state index in [1.807, 2.05) is 31.3 Å². The Kier molecular flexibility index (Phi) is 6.81. The van der Waals surface area contributed by atoms with Gasteiger partial charge in [-0.1, -0.05) is 24.3 Å². The van der Waals surface area contributed by atoms with Crippen LogP contribution < -0.4 is 14.8 Å². The van der Waals surface area contributed by atoms with Crippen molar-refractivity contribution in [3.8, 4) is 22.6 Å². The van der Waals surface area contributed by atoms with Gasteiger partial charge in [0.15, 0.2) is 9.84 Å². The molecule has 35 heavy (non-hydrogen) atoms. The normalized spacial score (nSPS) is 11.6. The highest BCUT2D eigenvalue weighted by Crippen LogP contribution is 2.27. The van der Waals surface area contributed by atoms with Crippen LogP contribution >= 0.6 is 0 Å². The zero-order valence-corrected chi connectivity index (χ0v) is 20.7. The summed E-state index contributed by atoms with van der Waals surface area (Å²) < 4.78 is 57.3. The van der Waals surface area contributed by atoms with Crippen LogP contribution in [0.1, 0.15) is 0 Å². The van der Waals surface area contributed by atoms with Crippen molar-refractivity contribution in [1.82, 2.24) is 0 Å². The maximum absolute atomic E-state index is 12.8. The molecule has 0 aliphatic rings. The van der Waals surface area contributed by atoms with E-state index in [1.54, 1.807) is 48.5 Å². The second-order valence-electron chi connectivity index (χ2n) is 7.83. The third-order valence-electron chi connectivity index (χ3n) is 5.27. The molecule has 0 bridgehead atoms. The fourth-order valence-corrected chi connectivity index (χ4v) is 5.04. The zero-order valence-electron chi connectivity index (χ0n) is 19.1. The summed E-state index contributed by atoms with van der Waals surface area (Å²) in [6.07, 6.45) is 1.15. The first-order valence-corrected chi connectivity index (χ1v) is 14.0. The molecule has 180 valence electrons. The van der Waals surface area contributed by atoms with Gasteiger partial charge >= 0.3 is 0 Å². The van der Waals surface area contributed by atoms with E-state index in [-0.39, 0.29) is 9.79 Å². The van der Waals surface area contributed by atoms with E-state index in [0.717, 1.165) is 23.1 Å². The standard InChI is InChI=1S/C26H24N2O5S2/c1-27-21-7-11-23(12-8-21)33-24-13-9-22(10-14-24)28-35(31,32)26-17-5-20(6-18-26)19-3-15-25(16-4-19)34(2,29)30/h3-18,27-28H,1-2H3. The van der Waals surface area contributed by atoms with Crippen LogP contribution in [-0.4, -0.2) is 30.1 Å². The van der Waals surface area contributed by atoms with Gasteiger partial charge in [0.1, 0.15) is 11.5 Å². The van der Waals surface area contributed by atoms with Crippen molar-refractivity contribution in [3.05, 3.63) is 97.1 Å². The summed E-state index contributed by atoms with van der Waals surface area (Å²) in [4.78, 5) is 0.340. The van der Waals surface area contributed by atoms with E-state index in [4.69, 9.17) is 4.74 Å². The minimum absolute atomic E-state index is 0.110. The molecule has 0 atom stereocenters. The molecule has 0 aliphatic heterocycles. The SMILES string of the molecule is CNc1ccc(Oc2ccc(NS(=O)(=O)c3ccc(-c4ccc(S(C)(=O)=O)cc4)cc3)cc2)cc1. The minimum Gasteiger partial charge on any atom is -0.457 e. The number of sulfone groups is 1. The van der Waals surface area contributed by atoms with Crippen LogP contribution in [0.2, 0.25) is 0 Å². The Labute approximate surface area is 205 Å². The Hall–Kier alpha value is -3.82. The van der Waals surface area contributed by atoms with Crippen molar-refractivity contribution >= 4 is 31.2 Å². The van der Waals surface area contributed by atoms with Gasteiger partial charge in [0.05, 0.1) is 9.79 Å². The van der Waals surface area contributed by atoms with Crippen LogP contribution in [0.25, 0.3) is 11.1 Å². The highest BCUT2D eigenvalue weighted by molar-refractivity contribution is 7.92. The molecule has 0 saturated carbocycles. The lowest BCUT2D eigenvalue weighted by atomic mass is 10.1. The van der Waals surface area contributed by atoms with Crippen LogP contribution in [-0.2, 0) is 19.9 Å². The predicted octanol–water partition coefficient (Wildman–Crippen LogP) is 5.39. The lowest BCUT2D eigenvalue weighted by Crippen LogP contribution is -2.12. The quantitative estimate of drug-likeness (QED) is 0.331. The Balaban J connectivity index is 1.44. The molecule has 0 heterocycles. The van der Waals surface area contributed by atoms with Gasteiger partial charge < -0.3 is 10.1 Å². The first-order chi connectivity index (χ1) is 16.6. The van der Waals surface area contributed by atoms with Crippen LogP contribution in [0.5, 0.6) is 11.5 Å². The zero-order chi connectivity index (χ0) is 25.1. The summed E-state index contributed by atoms with van der Waals surface area (Å²) in [6, 6.07) is 26.9. The van der Waals surface area contributed by atoms with E-state index >= 15 is 0 Å². The molecule has 7 nitrogen and oxygen atoms in total. The van der Waals surface area contributed by atoms with Crippen LogP contribution in [0.3, 0.4) is 0 Å². The smallest absolute Gasteiger partial charge is 0.261 e. The van der Waals surface area contributed by atoms with Crippen LogP contribution in [0.15, 0.2) is 107 Å². The van der Waals surface area contributed by atoms with Gasteiger partial charge in [0.25, 0.3) is 10.0 Å². The summed E-state index contributed by atoms with van der Waals surface area (Å²) in [7, 11) is -5.23. The Morgan fingerprint density at radius 2 is 1.00 bits per heavy atom. The molecule has 0 spiro atoms. The average molecular weight is 509 g/mol. The Morgan fingerprint density at radius 1 is 0.571 bits per heavy atom. The molecule has 0 amide bonds. The molecular weight excluding hydrogens is 484 g/mol. The van der Waals surface area contributed by atoms with E-state index < -0.39 is 19.9 Å². The number of nitrogens with one attached hydrogen (secondary N) is 2. The molecule has 4 rings (SSSR count). The van der Waals surface area contributed by atoms with E-state index in [1.165, 1.54) is 24.3 Å². The number of benzene rings is 4. The summed E-state index contributed by atoms with van der Waals surface area (Å²) in [5, 5.41) is 3.04. The van der Waals surface area contributed by atoms with Crippen molar-refractivity contribution in [2.75, 3.05) is 23.3 Å². The summed E-state index contributed by atoms with van der Waals surface area (Å²) in [6.45, 7) is 0. The molecule has 0 unspecified atom stereocenters. The molecule has 4 aromatic rings. The highest BCUT2D eigenvalue weighted by atomic mass is 32.2. The van der Waals surface area contributed by atoms with Crippen molar-refractivity contribution in [2.45, 2.75) is 9.79 Å². The first-order valence-electron chi connectivity index (χ1n) is 10.6. The van der Waals surface area contributed by atoms with Gasteiger partial charge in [0.2, 0.25) is 0 Å². The third kappa shape index (κ3) is 6.00. The Bertz CT molecular complexity index is 1510. The van der Waals surface area contributed by atoms with Crippen LogP contribution in [0.4, 0.5) is 11.4 Å². The van der Waals surface area contributed by atoms with E-state index in [0.29, 0.717) is 17.2 Å². The second kappa shape index (κ2) is 9.81. The molecule has 0 aliphatic carbocycles. The van der Waals surface area contributed by atoms with Crippen molar-refractivity contribution in [3.63, 3.8) is 0 Å². The fourth-order valence-electron chi connectivity index (χ4n) is 3.35. The molecular formula is C26H24N2O5S2. The summed E-state index contributed by atoms with van der Waals surface area (Å²) in [5.41, 5.74) is 2.93. The first kappa shape index (κ1) is 24.3. The topological polar surface area (TPSA) is 102 Å². The average Bonchev–Trinajstić information content (AvgIpc) is 2.85. The van der Waals surface area contributed by atoms with Gasteiger partial charge in [-0.25, -0.2) is 16.8 Å². The second-order valence-corrected chi connectivity index (χ2v) is 11.5. The van der Waals surface area contributed by atoms with Gasteiger partial charge in [0, 0.05) is 24.7 Å². The molecule has 0 saturated heterocycles. The van der Waals surface area contributed by atoms with Crippen LogP contribution in [0, 0.1) is 0 Å². The maximum atomic E-state index is 12.8. The minimum atomic E-state index is -3.79. The third-order valence-corrected chi connectivity index (χ3v) is 7.79. The predicted molar refractivity (Wildman–Crippen MR) is 138 cm³/mol. The number of ether oxygens (including phenoxy) is 1. The number of sulfonamides is 1. The van der Waals surface area contributed by atoms with Crippen molar-refractivity contribution < 1.29 is 21.6 Å². The highest BCUT2D eigenvalue weighted by Gasteiger charge is 2.15. The molecule has 0 fully saturated rings. The lowest BCUT2D eigenvalue weighted by Gasteiger charge is -2.11. The molecule has 9 heteroatoms. The van der Waals surface area contributed by atoms with E-state index in [2.05, 4.69) is 10.0 Å². The van der Waals surface area contributed by atoms with Gasteiger partial charge in [-0.05, 0) is 83.9 Å². The number of rotatable bonds is 8. The molecule has 0 radical (unpaired) electrons. The lowest BCUT2D eigenvalue weighted by molar-refractivity contribution is 0.483. The number of hydrogen-bond acceptors (Lipinski definition) is 6. The van der Waals surface area contributed by atoms with Gasteiger partial charge in [-0.2, -0.15) is 0 Å². The van der Waals surface area contributed by atoms with Crippen molar-refractivity contribution in [1.29, 1.82) is 0 Å². The van der Waals surface area contributed by atoms with Crippen molar-refractivity contribution in [2.24, 2.45) is 0 Å². The number of anilines is 2. The molecule has 4 aromatic carbocycles. The largest absolute Gasteiger partial charge is 0.457 e. The molecule has 2 N–H and O–H groups in total. The maximum Gasteiger partial charge on any atom is 0.261 e.